The van der Waals surface area contributed by atoms with E-state index in [-0.39, 0.29) is 12.4 Å². The first-order chi connectivity index (χ1) is 7.16. The van der Waals surface area contributed by atoms with Gasteiger partial charge in [0, 0.05) is 18.6 Å². The predicted octanol–water partition coefficient (Wildman–Crippen LogP) is 2.34. The first-order valence-corrected chi connectivity index (χ1v) is 5.67. The molecule has 0 aliphatic heterocycles. The summed E-state index contributed by atoms with van der Waals surface area (Å²) in [5, 5.41) is 0. The standard InChI is InChI=1S/C13H20N2.ClH/c1-10-5-3-4-6-11(10)9-15(2)13-7-12(14)8-13;/h3-6,12-13H,7-9,14H2,1-2H3;1H. The Kier molecular flexibility index (Phi) is 4.78. The lowest BCUT2D eigenvalue weighted by molar-refractivity contribution is 0.132. The van der Waals surface area contributed by atoms with Gasteiger partial charge in [-0.25, -0.2) is 0 Å². The van der Waals surface area contributed by atoms with Crippen molar-refractivity contribution in [3.63, 3.8) is 0 Å². The molecule has 0 unspecified atom stereocenters. The van der Waals surface area contributed by atoms with Gasteiger partial charge in [0.1, 0.15) is 0 Å². The van der Waals surface area contributed by atoms with E-state index in [1.807, 2.05) is 0 Å². The van der Waals surface area contributed by atoms with Crippen molar-refractivity contribution in [2.75, 3.05) is 7.05 Å². The highest BCUT2D eigenvalue weighted by Crippen LogP contribution is 2.24. The van der Waals surface area contributed by atoms with Crippen molar-refractivity contribution in [2.24, 2.45) is 5.73 Å². The molecule has 2 N–H and O–H groups in total. The molecule has 0 atom stereocenters. The summed E-state index contributed by atoms with van der Waals surface area (Å²) < 4.78 is 0. The van der Waals surface area contributed by atoms with Crippen molar-refractivity contribution in [3.05, 3.63) is 35.4 Å². The van der Waals surface area contributed by atoms with Gasteiger partial charge in [-0.05, 0) is 37.9 Å². The van der Waals surface area contributed by atoms with Crippen LogP contribution in [0.25, 0.3) is 0 Å². The average Bonchev–Trinajstić information content (AvgIpc) is 2.17. The molecule has 1 aromatic carbocycles. The summed E-state index contributed by atoms with van der Waals surface area (Å²) in [5.41, 5.74) is 8.62. The van der Waals surface area contributed by atoms with Gasteiger partial charge < -0.3 is 5.73 Å². The molecule has 2 rings (SSSR count). The van der Waals surface area contributed by atoms with E-state index in [1.54, 1.807) is 0 Å². The molecular formula is C13H21ClN2. The second-order valence-electron chi connectivity index (χ2n) is 4.73. The summed E-state index contributed by atoms with van der Waals surface area (Å²) in [6.45, 7) is 3.22. The minimum atomic E-state index is 0. The molecule has 1 aromatic rings. The number of hydrogen-bond donors (Lipinski definition) is 1. The van der Waals surface area contributed by atoms with Crippen molar-refractivity contribution in [3.8, 4) is 0 Å². The highest BCUT2D eigenvalue weighted by atomic mass is 35.5. The summed E-state index contributed by atoms with van der Waals surface area (Å²) in [6, 6.07) is 9.73. The smallest absolute Gasteiger partial charge is 0.0236 e. The van der Waals surface area contributed by atoms with Gasteiger partial charge in [0.15, 0.2) is 0 Å². The Morgan fingerprint density at radius 3 is 2.50 bits per heavy atom. The van der Waals surface area contributed by atoms with Crippen LogP contribution in [-0.2, 0) is 6.54 Å². The molecule has 0 spiro atoms. The zero-order chi connectivity index (χ0) is 10.8. The maximum atomic E-state index is 5.80. The number of aryl methyl sites for hydroxylation is 1. The summed E-state index contributed by atoms with van der Waals surface area (Å²) >= 11 is 0. The number of halogens is 1. The Hall–Kier alpha value is -0.570. The van der Waals surface area contributed by atoms with Gasteiger partial charge in [0.05, 0.1) is 0 Å². The lowest BCUT2D eigenvalue weighted by atomic mass is 9.86. The molecule has 0 radical (unpaired) electrons. The molecule has 0 aromatic heterocycles. The van der Waals surface area contributed by atoms with Crippen LogP contribution in [0.4, 0.5) is 0 Å². The first kappa shape index (κ1) is 13.5. The van der Waals surface area contributed by atoms with E-state index in [4.69, 9.17) is 5.73 Å². The first-order valence-electron chi connectivity index (χ1n) is 5.67. The highest BCUT2D eigenvalue weighted by molar-refractivity contribution is 5.85. The molecule has 0 saturated heterocycles. The van der Waals surface area contributed by atoms with Crippen molar-refractivity contribution in [2.45, 2.75) is 38.4 Å². The summed E-state index contributed by atoms with van der Waals surface area (Å²) in [7, 11) is 2.20. The maximum Gasteiger partial charge on any atom is 0.0236 e. The second kappa shape index (κ2) is 5.67. The van der Waals surface area contributed by atoms with Gasteiger partial charge in [0.25, 0.3) is 0 Å². The highest BCUT2D eigenvalue weighted by Gasteiger charge is 2.29. The van der Waals surface area contributed by atoms with Crippen molar-refractivity contribution >= 4 is 12.4 Å². The van der Waals surface area contributed by atoms with E-state index in [9.17, 15) is 0 Å². The molecule has 1 aliphatic carbocycles. The van der Waals surface area contributed by atoms with Crippen LogP contribution in [0.2, 0.25) is 0 Å². The van der Waals surface area contributed by atoms with Crippen LogP contribution in [0.1, 0.15) is 24.0 Å². The number of nitrogens with zero attached hydrogens (tertiary/aromatic N) is 1. The minimum Gasteiger partial charge on any atom is -0.328 e. The molecule has 1 saturated carbocycles. The SMILES string of the molecule is Cc1ccccc1CN(C)C1CC(N)C1.Cl. The second-order valence-corrected chi connectivity index (χ2v) is 4.73. The number of benzene rings is 1. The van der Waals surface area contributed by atoms with Gasteiger partial charge in [-0.15, -0.1) is 12.4 Å². The third kappa shape index (κ3) is 2.97. The van der Waals surface area contributed by atoms with Crippen LogP contribution in [0.3, 0.4) is 0 Å². The quantitative estimate of drug-likeness (QED) is 0.879. The Bertz CT molecular complexity index is 334. The van der Waals surface area contributed by atoms with Gasteiger partial charge in [-0.3, -0.25) is 4.90 Å². The Morgan fingerprint density at radius 1 is 1.31 bits per heavy atom. The van der Waals surface area contributed by atoms with Crippen molar-refractivity contribution in [1.82, 2.24) is 4.90 Å². The number of nitrogens with two attached hydrogens (primary N) is 1. The molecule has 3 heteroatoms. The van der Waals surface area contributed by atoms with Crippen molar-refractivity contribution in [1.29, 1.82) is 0 Å². The number of hydrogen-bond acceptors (Lipinski definition) is 2. The van der Waals surface area contributed by atoms with Gasteiger partial charge in [-0.1, -0.05) is 24.3 Å². The van der Waals surface area contributed by atoms with E-state index in [0.717, 1.165) is 19.4 Å². The molecule has 16 heavy (non-hydrogen) atoms. The van der Waals surface area contributed by atoms with Gasteiger partial charge in [-0.2, -0.15) is 0 Å². The van der Waals surface area contributed by atoms with E-state index in [2.05, 4.69) is 43.1 Å². The lowest BCUT2D eigenvalue weighted by Gasteiger charge is -2.39. The van der Waals surface area contributed by atoms with Crippen LogP contribution >= 0.6 is 12.4 Å². The molecule has 0 bridgehead atoms. The van der Waals surface area contributed by atoms with Crippen LogP contribution in [0.5, 0.6) is 0 Å². The fraction of sp³-hybridized carbons (Fsp3) is 0.538. The van der Waals surface area contributed by atoms with E-state index < -0.39 is 0 Å². The monoisotopic (exact) mass is 240 g/mol. The summed E-state index contributed by atoms with van der Waals surface area (Å²) in [5.74, 6) is 0. The molecule has 0 heterocycles. The molecule has 0 amide bonds. The number of rotatable bonds is 3. The Labute approximate surface area is 104 Å². The van der Waals surface area contributed by atoms with Gasteiger partial charge >= 0.3 is 0 Å². The summed E-state index contributed by atoms with van der Waals surface area (Å²) in [6.07, 6.45) is 2.31. The summed E-state index contributed by atoms with van der Waals surface area (Å²) in [4.78, 5) is 2.42. The predicted molar refractivity (Wildman–Crippen MR) is 70.9 cm³/mol. The third-order valence-electron chi connectivity index (χ3n) is 3.45. The molecule has 90 valence electrons. The van der Waals surface area contributed by atoms with E-state index in [0.29, 0.717) is 12.1 Å². The van der Waals surface area contributed by atoms with Crippen LogP contribution < -0.4 is 5.73 Å². The Morgan fingerprint density at radius 2 is 1.94 bits per heavy atom. The minimum absolute atomic E-state index is 0. The lowest BCUT2D eigenvalue weighted by Crippen LogP contribution is -2.48. The zero-order valence-corrected chi connectivity index (χ0v) is 10.8. The van der Waals surface area contributed by atoms with Gasteiger partial charge in [0.2, 0.25) is 0 Å². The largest absolute Gasteiger partial charge is 0.328 e. The fourth-order valence-electron chi connectivity index (χ4n) is 2.18. The molecular weight excluding hydrogens is 220 g/mol. The molecule has 1 fully saturated rings. The average molecular weight is 241 g/mol. The molecule has 1 aliphatic rings. The van der Waals surface area contributed by atoms with Crippen LogP contribution in [-0.4, -0.2) is 24.0 Å². The third-order valence-corrected chi connectivity index (χ3v) is 3.45. The zero-order valence-electron chi connectivity index (χ0n) is 10.0. The van der Waals surface area contributed by atoms with Crippen LogP contribution in [0, 0.1) is 6.92 Å². The Balaban J connectivity index is 0.00000128. The fourth-order valence-corrected chi connectivity index (χ4v) is 2.18. The van der Waals surface area contributed by atoms with Crippen molar-refractivity contribution < 1.29 is 0 Å². The van der Waals surface area contributed by atoms with E-state index in [1.165, 1.54) is 11.1 Å². The normalized spacial score (nSPS) is 23.8. The van der Waals surface area contributed by atoms with E-state index >= 15 is 0 Å². The maximum absolute atomic E-state index is 5.80. The van der Waals surface area contributed by atoms with Crippen LogP contribution in [0.15, 0.2) is 24.3 Å². The topological polar surface area (TPSA) is 29.3 Å². The molecule has 2 nitrogen and oxygen atoms in total.